The van der Waals surface area contributed by atoms with Crippen LogP contribution in [0.1, 0.15) is 48.2 Å². The topological polar surface area (TPSA) is 132 Å². The van der Waals surface area contributed by atoms with Crippen molar-refractivity contribution in [2.24, 2.45) is 0 Å². The van der Waals surface area contributed by atoms with E-state index in [1.54, 1.807) is 6.20 Å². The van der Waals surface area contributed by atoms with Gasteiger partial charge in [-0.25, -0.2) is 14.8 Å². The van der Waals surface area contributed by atoms with Crippen molar-refractivity contribution >= 4 is 23.3 Å². The molecule has 186 valence electrons. The molecule has 1 amide bonds. The van der Waals surface area contributed by atoms with E-state index in [0.29, 0.717) is 23.8 Å². The van der Waals surface area contributed by atoms with Crippen molar-refractivity contribution in [3.63, 3.8) is 0 Å². The van der Waals surface area contributed by atoms with Crippen LogP contribution in [0, 0.1) is 25.2 Å². The first kappa shape index (κ1) is 24.8. The van der Waals surface area contributed by atoms with Crippen LogP contribution < -0.4 is 20.7 Å². The Labute approximate surface area is 210 Å². The van der Waals surface area contributed by atoms with Crippen molar-refractivity contribution in [3.8, 4) is 11.8 Å². The van der Waals surface area contributed by atoms with Crippen LogP contribution in [-0.2, 0) is 6.61 Å². The molecule has 2 aromatic heterocycles. The Morgan fingerprint density at radius 1 is 1.17 bits per heavy atom. The second-order valence-electron chi connectivity index (χ2n) is 8.96. The molecule has 4 rings (SSSR count). The second-order valence-corrected chi connectivity index (χ2v) is 8.96. The quantitative estimate of drug-likeness (QED) is 0.338. The maximum Gasteiger partial charge on any atom is 0.404 e. The van der Waals surface area contributed by atoms with Crippen molar-refractivity contribution in [2.45, 2.75) is 58.2 Å². The third-order valence-electron chi connectivity index (χ3n) is 6.24. The molecule has 2 unspecified atom stereocenters. The van der Waals surface area contributed by atoms with E-state index in [4.69, 9.17) is 9.84 Å². The zero-order chi connectivity index (χ0) is 25.5. The molecule has 9 nitrogen and oxygen atoms in total. The number of carbonyl (C=O) groups is 1. The largest absolute Gasteiger partial charge is 0.487 e. The Bertz CT molecular complexity index is 1240. The molecule has 1 aromatic carbocycles. The third kappa shape index (κ3) is 6.21. The summed E-state index contributed by atoms with van der Waals surface area (Å²) >= 11 is 0. The van der Waals surface area contributed by atoms with Crippen LogP contribution in [0.25, 0.3) is 0 Å². The van der Waals surface area contributed by atoms with Crippen LogP contribution >= 0.6 is 0 Å². The van der Waals surface area contributed by atoms with E-state index in [1.807, 2.05) is 56.3 Å². The fourth-order valence-electron chi connectivity index (χ4n) is 4.55. The average molecular weight is 487 g/mol. The zero-order valence-corrected chi connectivity index (χ0v) is 20.4. The molecular weight excluding hydrogens is 456 g/mol. The summed E-state index contributed by atoms with van der Waals surface area (Å²) in [4.78, 5) is 20.1. The number of aryl methyl sites for hydroxylation is 2. The molecular formula is C27H30N6O3. The molecule has 0 spiro atoms. The van der Waals surface area contributed by atoms with E-state index >= 15 is 0 Å². The zero-order valence-electron chi connectivity index (χ0n) is 20.4. The van der Waals surface area contributed by atoms with E-state index in [1.165, 1.54) is 0 Å². The first-order valence-corrected chi connectivity index (χ1v) is 12.0. The van der Waals surface area contributed by atoms with Gasteiger partial charge in [0, 0.05) is 6.04 Å². The van der Waals surface area contributed by atoms with Gasteiger partial charge in [-0.2, -0.15) is 5.26 Å². The van der Waals surface area contributed by atoms with E-state index in [9.17, 15) is 10.1 Å². The predicted octanol–water partition coefficient (Wildman–Crippen LogP) is 5.28. The first-order chi connectivity index (χ1) is 17.4. The molecule has 9 heteroatoms. The smallest absolute Gasteiger partial charge is 0.404 e. The molecule has 3 aromatic rings. The minimum Gasteiger partial charge on any atom is -0.487 e. The molecule has 36 heavy (non-hydrogen) atoms. The Morgan fingerprint density at radius 3 is 2.61 bits per heavy atom. The predicted molar refractivity (Wildman–Crippen MR) is 138 cm³/mol. The number of anilines is 3. The highest BCUT2D eigenvalue weighted by molar-refractivity contribution is 5.68. The molecule has 1 saturated carbocycles. The minimum absolute atomic E-state index is 0.0545. The number of hydrogen-bond donors (Lipinski definition) is 4. The number of aromatic nitrogens is 2. The van der Waals surface area contributed by atoms with Gasteiger partial charge in [-0.3, -0.25) is 0 Å². The number of ether oxygens (including phenoxy) is 1. The number of pyridine rings is 2. The summed E-state index contributed by atoms with van der Waals surface area (Å²) in [5.41, 5.74) is 4.20. The highest BCUT2D eigenvalue weighted by atomic mass is 16.5. The highest BCUT2D eigenvalue weighted by Gasteiger charge is 2.26. The fraction of sp³-hybridized carbons (Fsp3) is 0.333. The fourth-order valence-corrected chi connectivity index (χ4v) is 4.55. The summed E-state index contributed by atoms with van der Waals surface area (Å²) < 4.78 is 6.03. The molecule has 1 fully saturated rings. The van der Waals surface area contributed by atoms with Gasteiger partial charge in [-0.15, -0.1) is 0 Å². The second kappa shape index (κ2) is 11.4. The molecule has 0 bridgehead atoms. The van der Waals surface area contributed by atoms with Crippen LogP contribution in [-0.4, -0.2) is 33.3 Å². The summed E-state index contributed by atoms with van der Waals surface area (Å²) in [6.07, 6.45) is 4.20. The Kier molecular flexibility index (Phi) is 7.85. The Balaban J connectivity index is 1.50. The number of nitrogens with zero attached hydrogens (tertiary/aromatic N) is 3. The number of rotatable bonds is 8. The van der Waals surface area contributed by atoms with Gasteiger partial charge in [0.1, 0.15) is 24.2 Å². The third-order valence-corrected chi connectivity index (χ3v) is 6.24. The van der Waals surface area contributed by atoms with Gasteiger partial charge in [-0.1, -0.05) is 43.2 Å². The van der Waals surface area contributed by atoms with E-state index < -0.39 is 6.09 Å². The monoisotopic (exact) mass is 486 g/mol. The molecule has 0 radical (unpaired) electrons. The Morgan fingerprint density at radius 2 is 1.92 bits per heavy atom. The van der Waals surface area contributed by atoms with Gasteiger partial charge in [-0.05, 0) is 49.9 Å². The summed E-state index contributed by atoms with van der Waals surface area (Å²) in [6, 6.07) is 15.5. The molecule has 0 aliphatic heterocycles. The normalized spacial score (nSPS) is 17.0. The van der Waals surface area contributed by atoms with Crippen molar-refractivity contribution in [3.05, 3.63) is 71.2 Å². The summed E-state index contributed by atoms with van der Waals surface area (Å²) in [7, 11) is 0. The maximum absolute atomic E-state index is 11.2. The van der Waals surface area contributed by atoms with Crippen LogP contribution in [0.4, 0.5) is 22.0 Å². The lowest BCUT2D eigenvalue weighted by atomic mass is 9.90. The number of amides is 1. The molecule has 2 heterocycles. The van der Waals surface area contributed by atoms with Crippen molar-refractivity contribution in [2.75, 3.05) is 10.6 Å². The van der Waals surface area contributed by atoms with E-state index in [2.05, 4.69) is 32.0 Å². The lowest BCUT2D eigenvalue weighted by Gasteiger charge is -2.32. The summed E-state index contributed by atoms with van der Waals surface area (Å²) in [5.74, 6) is 1.31. The van der Waals surface area contributed by atoms with Gasteiger partial charge in [0.15, 0.2) is 5.69 Å². The molecule has 4 N–H and O–H groups in total. The number of benzene rings is 1. The molecule has 0 saturated heterocycles. The van der Waals surface area contributed by atoms with Crippen molar-refractivity contribution in [1.82, 2.24) is 15.3 Å². The maximum atomic E-state index is 11.2. The van der Waals surface area contributed by atoms with Crippen LogP contribution in [0.15, 0.2) is 48.7 Å². The first-order valence-electron chi connectivity index (χ1n) is 12.0. The van der Waals surface area contributed by atoms with Gasteiger partial charge in [0.25, 0.3) is 0 Å². The minimum atomic E-state index is -1.03. The number of nitriles is 1. The van der Waals surface area contributed by atoms with Gasteiger partial charge < -0.3 is 25.8 Å². The van der Waals surface area contributed by atoms with E-state index in [-0.39, 0.29) is 17.8 Å². The van der Waals surface area contributed by atoms with E-state index in [0.717, 1.165) is 48.3 Å². The number of carboxylic acid groups (broad SMARTS) is 1. The number of hydrogen-bond acceptors (Lipinski definition) is 7. The van der Waals surface area contributed by atoms with Gasteiger partial charge >= 0.3 is 6.09 Å². The standard InChI is InChI=1S/C27H30N6O3/c1-17-12-25(30-18(2)26(17)36-16-19-8-4-3-5-9-19)32-23-13-20(15-29-24(23)14-28)31-21-10-6-7-11-22(21)33-27(34)35/h3-5,8-9,12-13,15,21-22,31,33H,6-7,10-11,16H2,1-2H3,(H,30,32)(H,34,35). The molecule has 1 aliphatic rings. The highest BCUT2D eigenvalue weighted by Crippen LogP contribution is 2.29. The number of nitrogens with one attached hydrogen (secondary N) is 3. The molecule has 2 atom stereocenters. The summed E-state index contributed by atoms with van der Waals surface area (Å²) in [6.45, 7) is 4.30. The van der Waals surface area contributed by atoms with Crippen molar-refractivity contribution in [1.29, 1.82) is 5.26 Å². The SMILES string of the molecule is Cc1cc(Nc2cc(NC3CCCCC3NC(=O)O)cnc2C#N)nc(C)c1OCc1ccccc1. The Hall–Kier alpha value is -4.32. The summed E-state index contributed by atoms with van der Waals surface area (Å²) in [5, 5.41) is 28.0. The average Bonchev–Trinajstić information content (AvgIpc) is 2.85. The van der Waals surface area contributed by atoms with Crippen LogP contribution in [0.3, 0.4) is 0 Å². The lowest BCUT2D eigenvalue weighted by Crippen LogP contribution is -2.48. The molecule has 1 aliphatic carbocycles. The van der Waals surface area contributed by atoms with Crippen LogP contribution in [0.5, 0.6) is 5.75 Å². The van der Waals surface area contributed by atoms with Crippen LogP contribution in [0.2, 0.25) is 0 Å². The van der Waals surface area contributed by atoms with Gasteiger partial charge in [0.05, 0.1) is 29.3 Å². The van der Waals surface area contributed by atoms with Crippen molar-refractivity contribution < 1.29 is 14.6 Å². The van der Waals surface area contributed by atoms with Gasteiger partial charge in [0.2, 0.25) is 0 Å². The lowest BCUT2D eigenvalue weighted by molar-refractivity contribution is 0.184.